The second-order valence-electron chi connectivity index (χ2n) is 16.6. The van der Waals surface area contributed by atoms with Crippen molar-refractivity contribution < 1.29 is 17.9 Å². The summed E-state index contributed by atoms with van der Waals surface area (Å²) < 4.78 is 36.6. The predicted octanol–water partition coefficient (Wildman–Crippen LogP) is 0.727. The molecular formula is C32H55N9O5S. The summed E-state index contributed by atoms with van der Waals surface area (Å²) in [6.45, 7) is 0. The van der Waals surface area contributed by atoms with Crippen molar-refractivity contribution in [3.63, 3.8) is 0 Å². The fourth-order valence-corrected chi connectivity index (χ4v) is 14.0. The fourth-order valence-electron chi connectivity index (χ4n) is 12.6. The van der Waals surface area contributed by atoms with E-state index in [9.17, 15) is 23.1 Å². The monoisotopic (exact) mass is 677 g/mol. The molecule has 264 valence electrons. The van der Waals surface area contributed by atoms with E-state index in [1.54, 1.807) is 0 Å². The third-order valence-corrected chi connectivity index (χ3v) is 15.9. The van der Waals surface area contributed by atoms with Crippen molar-refractivity contribution >= 4 is 10.1 Å². The minimum Gasteiger partial charge on any atom is -0.286 e. The molecule has 0 radical (unpaired) electrons. The Labute approximate surface area is 278 Å². The van der Waals surface area contributed by atoms with Gasteiger partial charge in [0.2, 0.25) is 6.04 Å². The van der Waals surface area contributed by atoms with Crippen molar-refractivity contribution in [1.82, 2.24) is 42.5 Å². The molecule has 15 heteroatoms. The first kappa shape index (κ1) is 31.9. The van der Waals surface area contributed by atoms with Crippen LogP contribution in [0.15, 0.2) is 0 Å². The van der Waals surface area contributed by atoms with Gasteiger partial charge in [-0.05, 0) is 86.4 Å². The maximum atomic E-state index is 13.0. The van der Waals surface area contributed by atoms with Crippen molar-refractivity contribution in [2.75, 3.05) is 0 Å². The van der Waals surface area contributed by atoms with Crippen molar-refractivity contribution in [2.45, 2.75) is 151 Å². The van der Waals surface area contributed by atoms with Crippen LogP contribution in [0.4, 0.5) is 0 Å². The van der Waals surface area contributed by atoms with E-state index in [1.165, 1.54) is 51.4 Å². The Morgan fingerprint density at radius 3 is 1.06 bits per heavy atom. The van der Waals surface area contributed by atoms with Crippen LogP contribution in [0, 0.1) is 57.5 Å². The molecule has 0 aromatic carbocycles. The molecule has 8 bridgehead atoms. The van der Waals surface area contributed by atoms with Gasteiger partial charge in [0.15, 0.2) is 5.25 Å². The summed E-state index contributed by atoms with van der Waals surface area (Å²) in [5.74, 6) is 2.08. The van der Waals surface area contributed by atoms with Crippen LogP contribution < -0.4 is 42.5 Å². The van der Waals surface area contributed by atoms with Gasteiger partial charge in [0, 0.05) is 17.3 Å². The number of nitro groups is 1. The highest BCUT2D eigenvalue weighted by Crippen LogP contribution is 2.47. The van der Waals surface area contributed by atoms with Crippen LogP contribution >= 0.6 is 0 Å². The lowest BCUT2D eigenvalue weighted by Crippen LogP contribution is -2.62. The molecule has 5 heterocycles. The molecular weight excluding hydrogens is 622 g/mol. The summed E-state index contributed by atoms with van der Waals surface area (Å²) in [5.41, 5.74) is 0. The number of hydrogen-bond acceptors (Lipinski definition) is 12. The van der Waals surface area contributed by atoms with Gasteiger partial charge >= 0.3 is 0 Å². The van der Waals surface area contributed by atoms with Crippen molar-refractivity contribution in [1.29, 1.82) is 0 Å². The summed E-state index contributed by atoms with van der Waals surface area (Å²) in [7, 11) is -4.69. The Hall–Kier alpha value is -1.01. The van der Waals surface area contributed by atoms with Crippen LogP contribution in [-0.2, 0) is 10.1 Å². The minimum absolute atomic E-state index is 0.0363. The Morgan fingerprint density at radius 2 is 0.766 bits per heavy atom. The first-order valence-electron chi connectivity index (χ1n) is 18.9. The maximum Gasteiger partial charge on any atom is 0.275 e. The molecule has 5 saturated heterocycles. The summed E-state index contributed by atoms with van der Waals surface area (Å²) in [4.78, 5) is 11.8. The van der Waals surface area contributed by atoms with Gasteiger partial charge in [-0.15, -0.1) is 0 Å². The van der Waals surface area contributed by atoms with Gasteiger partial charge in [-0.2, -0.15) is 8.42 Å². The standard InChI is InChI=1S/C32H55N9O5S/c42-41(43)22-14-13-21-23(24(22)47(44,45)46)32-39-30-20-12-6-5-11-19(20)28(37-30)35-26-16-8-2-1-7-15(16)25(33-26)34-27-17-9-3-4-10-18(17)29(36-27)38-31(21)40-32/h15-40H,1-14H2,(H,44,45,46). The first-order chi connectivity index (χ1) is 22.7. The molecule has 9 fully saturated rings. The first-order valence-corrected chi connectivity index (χ1v) is 20.4. The number of nitrogens with one attached hydrogen (secondary N) is 8. The minimum atomic E-state index is -4.69. The molecule has 0 aromatic rings. The molecule has 14 nitrogen and oxygen atoms in total. The summed E-state index contributed by atoms with van der Waals surface area (Å²) in [5, 5.41) is 42.5. The van der Waals surface area contributed by atoms with Gasteiger partial charge < -0.3 is 0 Å². The summed E-state index contributed by atoms with van der Waals surface area (Å²) >= 11 is 0. The van der Waals surface area contributed by atoms with Crippen LogP contribution in [0.25, 0.3) is 0 Å². The van der Waals surface area contributed by atoms with Crippen LogP contribution in [0.2, 0.25) is 0 Å². The van der Waals surface area contributed by atoms with Crippen LogP contribution in [0.5, 0.6) is 0 Å². The van der Waals surface area contributed by atoms with Crippen LogP contribution in [0.1, 0.15) is 89.9 Å². The second-order valence-corrected chi connectivity index (χ2v) is 18.2. The summed E-state index contributed by atoms with van der Waals surface area (Å²) in [6, 6.07) is -1.33. The third-order valence-electron chi connectivity index (χ3n) is 14.5. The van der Waals surface area contributed by atoms with E-state index in [4.69, 9.17) is 0 Å². The van der Waals surface area contributed by atoms with E-state index in [1.807, 2.05) is 0 Å². The average molecular weight is 678 g/mol. The maximum absolute atomic E-state index is 13.0. The molecule has 47 heavy (non-hydrogen) atoms. The van der Waals surface area contributed by atoms with Gasteiger partial charge in [0.25, 0.3) is 10.1 Å². The molecule has 9 N–H and O–H groups in total. The lowest BCUT2D eigenvalue weighted by atomic mass is 9.75. The van der Waals surface area contributed by atoms with E-state index < -0.39 is 38.4 Å². The molecule has 0 aromatic heterocycles. The number of rotatable bonds is 2. The zero-order valence-corrected chi connectivity index (χ0v) is 28.0. The topological polar surface area (TPSA) is 194 Å². The van der Waals surface area contributed by atoms with E-state index in [0.717, 1.165) is 25.7 Å². The Morgan fingerprint density at radius 1 is 0.468 bits per heavy atom. The molecule has 0 amide bonds. The predicted molar refractivity (Wildman–Crippen MR) is 174 cm³/mol. The quantitative estimate of drug-likeness (QED) is 0.113. The molecule has 9 aliphatic rings. The molecule has 9 rings (SSSR count). The zero-order valence-electron chi connectivity index (χ0n) is 27.2. The largest absolute Gasteiger partial charge is 0.286 e. The van der Waals surface area contributed by atoms with Crippen LogP contribution in [0.3, 0.4) is 0 Å². The normalized spacial score (nSPS) is 54.2. The van der Waals surface area contributed by atoms with E-state index in [-0.39, 0.29) is 55.5 Å². The Bertz CT molecular complexity index is 1310. The SMILES string of the molecule is O=[N+]([O-])C1CCC2C3NC4NC(NC5NC(NC6NC(NC(N3)C2C1S(=O)(=O)O)C1CCCCC61)C1CCCCC51)C1CCCCC41. The second kappa shape index (κ2) is 12.3. The highest BCUT2D eigenvalue weighted by atomic mass is 32.2. The molecule has 4 aliphatic carbocycles. The lowest BCUT2D eigenvalue weighted by molar-refractivity contribution is -0.527. The Kier molecular flexibility index (Phi) is 8.39. The van der Waals surface area contributed by atoms with E-state index in [2.05, 4.69) is 42.5 Å². The van der Waals surface area contributed by atoms with Gasteiger partial charge in [-0.1, -0.05) is 38.5 Å². The molecule has 5 aliphatic heterocycles. The number of hydrogen-bond donors (Lipinski definition) is 9. The molecule has 0 spiro atoms. The zero-order chi connectivity index (χ0) is 32.0. The van der Waals surface area contributed by atoms with Crippen molar-refractivity contribution in [3.8, 4) is 0 Å². The van der Waals surface area contributed by atoms with E-state index >= 15 is 0 Å². The molecule has 4 saturated carbocycles. The lowest BCUT2D eigenvalue weighted by Gasteiger charge is -2.38. The third kappa shape index (κ3) is 5.50. The van der Waals surface area contributed by atoms with Gasteiger partial charge in [-0.25, -0.2) is 0 Å². The summed E-state index contributed by atoms with van der Waals surface area (Å²) in [6.07, 6.45) is 15.0. The van der Waals surface area contributed by atoms with Crippen molar-refractivity contribution in [3.05, 3.63) is 10.1 Å². The molecule has 18 unspecified atom stereocenters. The highest BCUT2D eigenvalue weighted by molar-refractivity contribution is 7.86. The van der Waals surface area contributed by atoms with Gasteiger partial charge in [0.05, 0.1) is 49.3 Å². The number of nitrogens with zero attached hydrogens (tertiary/aromatic N) is 1. The molecule has 18 atom stereocenters. The average Bonchev–Trinajstić information content (AvgIpc) is 3.79. The Balaban J connectivity index is 1.09. The van der Waals surface area contributed by atoms with Crippen LogP contribution in [-0.4, -0.2) is 78.5 Å². The van der Waals surface area contributed by atoms with Gasteiger partial charge in [-0.3, -0.25) is 57.2 Å². The van der Waals surface area contributed by atoms with Crippen molar-refractivity contribution in [2.24, 2.45) is 47.3 Å². The van der Waals surface area contributed by atoms with E-state index in [0.29, 0.717) is 41.9 Å². The smallest absolute Gasteiger partial charge is 0.275 e. The number of fused-ring (bicyclic) bond motifs is 20. The van der Waals surface area contributed by atoms with Gasteiger partial charge in [0.1, 0.15) is 0 Å². The highest BCUT2D eigenvalue weighted by Gasteiger charge is 2.61. The fraction of sp³-hybridized carbons (Fsp3) is 1.00.